The van der Waals surface area contributed by atoms with Crippen LogP contribution in [0.2, 0.25) is 0 Å². The van der Waals surface area contributed by atoms with Crippen molar-refractivity contribution in [2.45, 2.75) is 6.23 Å². The van der Waals surface area contributed by atoms with Crippen LogP contribution in [0.4, 0.5) is 0 Å². The van der Waals surface area contributed by atoms with Gasteiger partial charge in [0, 0.05) is 0 Å². The number of methoxy groups -OCH3 is 2. The van der Waals surface area contributed by atoms with Gasteiger partial charge >= 0.3 is 12.2 Å². The normalized spacial score (nSPS) is 16.8. The Kier molecular flexibility index (Phi) is 3.50. The van der Waals surface area contributed by atoms with Gasteiger partial charge in [0.15, 0.2) is 11.5 Å². The van der Waals surface area contributed by atoms with Crippen LogP contribution in [0.1, 0.15) is 22.1 Å². The third-order valence-corrected chi connectivity index (χ3v) is 4.03. The first-order valence-electron chi connectivity index (χ1n) is 4.77. The Morgan fingerprint density at radius 1 is 1.22 bits per heavy atom. The molecule has 0 saturated carbocycles. The number of nitrogens with zero attached hydrogens (tertiary/aromatic N) is 1. The molecule has 94 valence electrons. The Hall–Kier alpha value is -1.26. The number of benzene rings is 1. The lowest BCUT2D eigenvalue weighted by molar-refractivity contribution is 0.0461. The van der Waals surface area contributed by atoms with E-state index >= 15 is 0 Å². The Morgan fingerprint density at radius 3 is 2.33 bits per heavy atom. The number of hydrogen-bond donors (Lipinski definition) is 0. The van der Waals surface area contributed by atoms with E-state index in [0.717, 1.165) is 0 Å². The Morgan fingerprint density at radius 2 is 1.83 bits per heavy atom. The summed E-state index contributed by atoms with van der Waals surface area (Å²) in [5.74, 6) is 0.186. The Labute approximate surface area is 120 Å². The molecule has 0 aliphatic carbocycles. The topological polar surface area (TPSA) is 49.1 Å². The molecule has 0 N–H and O–H groups in total. The van der Waals surface area contributed by atoms with Gasteiger partial charge in [0.25, 0.3) is 0 Å². The molecule has 0 fully saturated rings. The van der Waals surface area contributed by atoms with E-state index in [0.29, 0.717) is 26.0 Å². The lowest BCUT2D eigenvalue weighted by Crippen LogP contribution is -2.01. The number of cyclic esters (lactones) is 1. The average molecular weight is 377 g/mol. The molecule has 7 heteroatoms. The van der Waals surface area contributed by atoms with Gasteiger partial charge in [0.2, 0.25) is 0 Å². The predicted octanol–water partition coefficient (Wildman–Crippen LogP) is 3.32. The van der Waals surface area contributed by atoms with Crippen LogP contribution in [0.5, 0.6) is 11.5 Å². The van der Waals surface area contributed by atoms with Crippen molar-refractivity contribution in [2.24, 2.45) is 0 Å². The molecule has 0 aromatic heterocycles. The van der Waals surface area contributed by atoms with Crippen molar-refractivity contribution in [1.82, 2.24) is 0 Å². The summed E-state index contributed by atoms with van der Waals surface area (Å²) in [5, 5.41) is 0. The summed E-state index contributed by atoms with van der Waals surface area (Å²) in [5.41, 5.74) is 0.685. The van der Waals surface area contributed by atoms with E-state index in [1.54, 1.807) is 0 Å². The molecule has 0 bridgehead atoms. The molecule has 0 saturated heterocycles. The van der Waals surface area contributed by atoms with E-state index in [4.69, 9.17) is 20.8 Å². The lowest BCUT2D eigenvalue weighted by Gasteiger charge is -2.13. The maximum atomic E-state index is 11.8. The summed E-state index contributed by atoms with van der Waals surface area (Å²) in [7, 11) is 2.92. The van der Waals surface area contributed by atoms with Crippen LogP contribution < -0.4 is 9.47 Å². The second-order valence-corrected chi connectivity index (χ2v) is 4.96. The van der Waals surface area contributed by atoms with Gasteiger partial charge in [-0.3, -0.25) is 4.85 Å². The van der Waals surface area contributed by atoms with Gasteiger partial charge in [-0.25, -0.2) is 11.4 Å². The van der Waals surface area contributed by atoms with Crippen molar-refractivity contribution >= 4 is 37.8 Å². The van der Waals surface area contributed by atoms with Crippen LogP contribution in [0, 0.1) is 6.57 Å². The number of fused-ring (bicyclic) bond motifs is 1. The van der Waals surface area contributed by atoms with Crippen molar-refractivity contribution in [3.8, 4) is 11.5 Å². The highest BCUT2D eigenvalue weighted by atomic mass is 79.9. The van der Waals surface area contributed by atoms with Gasteiger partial charge in [-0.2, -0.15) is 0 Å². The van der Waals surface area contributed by atoms with Crippen LogP contribution >= 0.6 is 31.9 Å². The highest BCUT2D eigenvalue weighted by molar-refractivity contribution is 9.11. The zero-order valence-corrected chi connectivity index (χ0v) is 12.6. The fourth-order valence-corrected chi connectivity index (χ4v) is 3.52. The molecule has 1 atom stereocenters. The molecule has 1 aromatic carbocycles. The molecule has 1 aliphatic rings. The summed E-state index contributed by atoms with van der Waals surface area (Å²) in [6.45, 7) is 7.06. The van der Waals surface area contributed by atoms with Crippen LogP contribution in [-0.4, -0.2) is 20.2 Å². The minimum Gasteiger partial charge on any atom is -0.494 e. The summed E-state index contributed by atoms with van der Waals surface area (Å²) in [6, 6.07) is 0. The first-order chi connectivity index (χ1) is 8.56. The van der Waals surface area contributed by atoms with E-state index in [9.17, 15) is 4.79 Å². The molecule has 1 aliphatic heterocycles. The van der Waals surface area contributed by atoms with Crippen LogP contribution in [0.3, 0.4) is 0 Å². The maximum absolute atomic E-state index is 11.8. The monoisotopic (exact) mass is 375 g/mol. The molecule has 18 heavy (non-hydrogen) atoms. The molecule has 2 rings (SSSR count). The molecule has 0 radical (unpaired) electrons. The Bertz CT molecular complexity index is 580. The third-order valence-electron chi connectivity index (χ3n) is 2.53. The number of hydrogen-bond acceptors (Lipinski definition) is 4. The lowest BCUT2D eigenvalue weighted by atomic mass is 10.1. The van der Waals surface area contributed by atoms with Crippen molar-refractivity contribution < 1.29 is 19.0 Å². The first-order valence-corrected chi connectivity index (χ1v) is 6.35. The number of esters is 1. The summed E-state index contributed by atoms with van der Waals surface area (Å²) in [6.07, 6.45) is -0.974. The SMILES string of the molecule is [C-]#[N+]C1OC(=O)c2c(OC)c(Br)c(OC)c(Br)c21. The third kappa shape index (κ3) is 1.68. The predicted molar refractivity (Wildman–Crippen MR) is 69.7 cm³/mol. The van der Waals surface area contributed by atoms with E-state index in [-0.39, 0.29) is 5.56 Å². The fraction of sp³-hybridized carbons (Fsp3) is 0.273. The number of carbonyl (C=O) groups is 1. The smallest absolute Gasteiger partial charge is 0.398 e. The van der Waals surface area contributed by atoms with Crippen LogP contribution in [0.15, 0.2) is 8.95 Å². The van der Waals surface area contributed by atoms with E-state index in [1.807, 2.05) is 0 Å². The summed E-state index contributed by atoms with van der Waals surface area (Å²) < 4.78 is 16.4. The van der Waals surface area contributed by atoms with Crippen molar-refractivity contribution in [3.05, 3.63) is 31.5 Å². The Balaban J connectivity index is 2.86. The van der Waals surface area contributed by atoms with Gasteiger partial charge in [0.05, 0.1) is 18.7 Å². The molecule has 1 unspecified atom stereocenters. The van der Waals surface area contributed by atoms with Crippen LogP contribution in [-0.2, 0) is 4.74 Å². The minimum atomic E-state index is -0.974. The standard InChI is InChI=1S/C11H7Br2NO4/c1-14-10-4-5(11(15)18-10)8(16-2)7(13)9(17-3)6(4)12/h10H,2-3H3. The minimum absolute atomic E-state index is 0.248. The first kappa shape index (κ1) is 13.2. The van der Waals surface area contributed by atoms with E-state index in [2.05, 4.69) is 36.7 Å². The van der Waals surface area contributed by atoms with Crippen LogP contribution in [0.25, 0.3) is 4.85 Å². The number of rotatable bonds is 2. The van der Waals surface area contributed by atoms with Gasteiger partial charge in [-0.15, -0.1) is 0 Å². The maximum Gasteiger partial charge on any atom is 0.398 e. The molecular weight excluding hydrogens is 370 g/mol. The molecule has 5 nitrogen and oxygen atoms in total. The van der Waals surface area contributed by atoms with Crippen molar-refractivity contribution in [1.29, 1.82) is 0 Å². The second kappa shape index (κ2) is 4.78. The summed E-state index contributed by atoms with van der Waals surface area (Å²) in [4.78, 5) is 15.1. The molecular formula is C11H7Br2NO4. The summed E-state index contributed by atoms with van der Waals surface area (Å²) >= 11 is 6.64. The molecule has 0 amide bonds. The van der Waals surface area contributed by atoms with Crippen molar-refractivity contribution in [2.75, 3.05) is 14.2 Å². The van der Waals surface area contributed by atoms with Gasteiger partial charge in [0.1, 0.15) is 15.6 Å². The highest BCUT2D eigenvalue weighted by Crippen LogP contribution is 2.51. The van der Waals surface area contributed by atoms with Crippen molar-refractivity contribution in [3.63, 3.8) is 0 Å². The van der Waals surface area contributed by atoms with Gasteiger partial charge in [-0.05, 0) is 31.9 Å². The quantitative estimate of drug-likeness (QED) is 0.586. The molecule has 1 heterocycles. The van der Waals surface area contributed by atoms with E-state index in [1.165, 1.54) is 14.2 Å². The molecule has 1 aromatic rings. The average Bonchev–Trinajstić information content (AvgIpc) is 2.68. The van der Waals surface area contributed by atoms with Gasteiger partial charge < -0.3 is 14.2 Å². The number of carbonyl (C=O) groups excluding carboxylic acids is 1. The van der Waals surface area contributed by atoms with Gasteiger partial charge in [-0.1, -0.05) is 0 Å². The zero-order chi connectivity index (χ0) is 13.4. The highest BCUT2D eigenvalue weighted by Gasteiger charge is 2.43. The largest absolute Gasteiger partial charge is 0.494 e. The molecule has 0 spiro atoms. The zero-order valence-electron chi connectivity index (χ0n) is 9.41. The number of ether oxygens (including phenoxy) is 3. The number of halogens is 2. The van der Waals surface area contributed by atoms with E-state index < -0.39 is 12.2 Å². The fourth-order valence-electron chi connectivity index (χ4n) is 1.78. The second-order valence-electron chi connectivity index (χ2n) is 3.37.